The van der Waals surface area contributed by atoms with Crippen molar-refractivity contribution in [3.8, 4) is 22.3 Å². The van der Waals surface area contributed by atoms with E-state index in [1.165, 1.54) is 54.8 Å². The summed E-state index contributed by atoms with van der Waals surface area (Å²) in [5, 5.41) is 5.03. The van der Waals surface area contributed by atoms with Crippen molar-refractivity contribution in [3.63, 3.8) is 0 Å². The third-order valence-electron chi connectivity index (χ3n) is 9.01. The fourth-order valence-electron chi connectivity index (χ4n) is 6.98. The monoisotopic (exact) mass is 592 g/mol. The molecule has 1 aromatic heterocycles. The summed E-state index contributed by atoms with van der Waals surface area (Å²) in [7, 11) is 0. The Bertz CT molecular complexity index is 2320. The van der Waals surface area contributed by atoms with Crippen LogP contribution in [-0.2, 0) is 5.54 Å². The van der Waals surface area contributed by atoms with Gasteiger partial charge in [-0.15, -0.1) is 0 Å². The minimum absolute atomic E-state index is 0.0917. The molecule has 0 saturated heterocycles. The molecule has 46 heavy (non-hydrogen) atoms. The van der Waals surface area contributed by atoms with Gasteiger partial charge in [0, 0.05) is 38.9 Å². The average molecular weight is 593 g/mol. The molecule has 0 aliphatic heterocycles. The van der Waals surface area contributed by atoms with Gasteiger partial charge in [0.25, 0.3) is 0 Å². The van der Waals surface area contributed by atoms with Crippen molar-refractivity contribution in [2.24, 2.45) is 0 Å². The van der Waals surface area contributed by atoms with Crippen LogP contribution < -0.4 is 4.90 Å². The first kappa shape index (κ1) is 27.9. The van der Waals surface area contributed by atoms with Gasteiger partial charge in [0.05, 0.1) is 5.52 Å². The maximum Gasteiger partial charge on any atom is 0.0517 e. The summed E-state index contributed by atoms with van der Waals surface area (Å²) in [6, 6.07) is 59.5. The maximum absolute atomic E-state index is 2.49. The zero-order valence-corrected chi connectivity index (χ0v) is 26.5. The average Bonchev–Trinajstić information content (AvgIpc) is 3.44. The Morgan fingerprint density at radius 2 is 0.978 bits per heavy atom. The van der Waals surface area contributed by atoms with Gasteiger partial charge in [-0.3, -0.25) is 0 Å². The second kappa shape index (κ2) is 11.1. The van der Waals surface area contributed by atoms with E-state index in [-0.39, 0.29) is 5.54 Å². The highest BCUT2D eigenvalue weighted by Gasteiger charge is 2.23. The van der Waals surface area contributed by atoms with Crippen LogP contribution in [0.5, 0.6) is 0 Å². The molecule has 0 saturated carbocycles. The molecular formula is C44H36N2. The SMILES string of the molecule is CC(C)(C)n1c2ccccc2c2ccc(N(c3ccc(-c4ccccc4)cc3)c3cc(-c4ccccc4)c4ccccc4c3)cc21. The molecule has 0 atom stereocenters. The summed E-state index contributed by atoms with van der Waals surface area (Å²) in [4.78, 5) is 2.41. The number of rotatable bonds is 5. The molecular weight excluding hydrogens is 556 g/mol. The molecule has 0 fully saturated rings. The van der Waals surface area contributed by atoms with Crippen molar-refractivity contribution in [3.05, 3.63) is 164 Å². The minimum Gasteiger partial charge on any atom is -0.335 e. The summed E-state index contributed by atoms with van der Waals surface area (Å²) in [5.41, 5.74) is 10.6. The van der Waals surface area contributed by atoms with E-state index in [1.807, 2.05) is 0 Å². The summed E-state index contributed by atoms with van der Waals surface area (Å²) >= 11 is 0. The molecule has 0 radical (unpaired) electrons. The van der Waals surface area contributed by atoms with Gasteiger partial charge < -0.3 is 9.47 Å². The predicted molar refractivity (Wildman–Crippen MR) is 198 cm³/mol. The highest BCUT2D eigenvalue weighted by molar-refractivity contribution is 6.10. The number of benzene rings is 7. The van der Waals surface area contributed by atoms with Gasteiger partial charge in [-0.05, 0) is 96.3 Å². The number of anilines is 3. The smallest absolute Gasteiger partial charge is 0.0517 e. The largest absolute Gasteiger partial charge is 0.335 e. The number of hydrogen-bond acceptors (Lipinski definition) is 1. The summed E-state index contributed by atoms with van der Waals surface area (Å²) in [6.45, 7) is 6.88. The van der Waals surface area contributed by atoms with Gasteiger partial charge in [-0.1, -0.05) is 121 Å². The number of nitrogens with zero attached hydrogens (tertiary/aromatic N) is 2. The number of fused-ring (bicyclic) bond motifs is 4. The molecule has 8 aromatic rings. The van der Waals surface area contributed by atoms with Gasteiger partial charge in [0.15, 0.2) is 0 Å². The summed E-state index contributed by atoms with van der Waals surface area (Å²) < 4.78 is 2.49. The second-order valence-corrected chi connectivity index (χ2v) is 13.1. The van der Waals surface area contributed by atoms with E-state index in [4.69, 9.17) is 0 Å². The van der Waals surface area contributed by atoms with Crippen molar-refractivity contribution >= 4 is 49.6 Å². The summed E-state index contributed by atoms with van der Waals surface area (Å²) in [6.07, 6.45) is 0. The van der Waals surface area contributed by atoms with Crippen molar-refractivity contribution in [2.75, 3.05) is 4.90 Å². The van der Waals surface area contributed by atoms with Crippen molar-refractivity contribution in [1.82, 2.24) is 4.57 Å². The van der Waals surface area contributed by atoms with Crippen LogP contribution in [-0.4, -0.2) is 4.57 Å². The van der Waals surface area contributed by atoms with E-state index < -0.39 is 0 Å². The molecule has 222 valence electrons. The van der Waals surface area contributed by atoms with Crippen LogP contribution in [0.15, 0.2) is 164 Å². The van der Waals surface area contributed by atoms with Crippen molar-refractivity contribution in [1.29, 1.82) is 0 Å². The van der Waals surface area contributed by atoms with E-state index in [1.54, 1.807) is 0 Å². The minimum atomic E-state index is -0.0917. The van der Waals surface area contributed by atoms with Gasteiger partial charge in [-0.2, -0.15) is 0 Å². The summed E-state index contributed by atoms with van der Waals surface area (Å²) in [5.74, 6) is 0. The molecule has 0 bridgehead atoms. The molecule has 0 aliphatic carbocycles. The lowest BCUT2D eigenvalue weighted by atomic mass is 9.96. The Kier molecular flexibility index (Phi) is 6.73. The third kappa shape index (κ3) is 4.83. The topological polar surface area (TPSA) is 8.17 Å². The van der Waals surface area contributed by atoms with Crippen LogP contribution in [0.4, 0.5) is 17.1 Å². The first-order valence-corrected chi connectivity index (χ1v) is 16.0. The van der Waals surface area contributed by atoms with Crippen LogP contribution in [0.2, 0.25) is 0 Å². The van der Waals surface area contributed by atoms with Crippen LogP contribution in [0.25, 0.3) is 54.8 Å². The molecule has 1 heterocycles. The van der Waals surface area contributed by atoms with Gasteiger partial charge in [-0.25, -0.2) is 0 Å². The lowest BCUT2D eigenvalue weighted by molar-refractivity contribution is 0.423. The van der Waals surface area contributed by atoms with Crippen molar-refractivity contribution in [2.45, 2.75) is 26.3 Å². The zero-order chi connectivity index (χ0) is 31.3. The molecule has 0 unspecified atom stereocenters. The van der Waals surface area contributed by atoms with E-state index in [9.17, 15) is 0 Å². The quantitative estimate of drug-likeness (QED) is 0.193. The Morgan fingerprint density at radius 1 is 0.413 bits per heavy atom. The predicted octanol–water partition coefficient (Wildman–Crippen LogP) is 12.5. The molecule has 2 nitrogen and oxygen atoms in total. The zero-order valence-electron chi connectivity index (χ0n) is 26.5. The Hall–Kier alpha value is -5.60. The molecule has 7 aromatic carbocycles. The lowest BCUT2D eigenvalue weighted by Crippen LogP contribution is -2.21. The fourth-order valence-corrected chi connectivity index (χ4v) is 6.98. The Labute approximate surface area is 270 Å². The van der Waals surface area contributed by atoms with E-state index in [0.717, 1.165) is 17.1 Å². The molecule has 0 N–H and O–H groups in total. The van der Waals surface area contributed by atoms with Crippen molar-refractivity contribution < 1.29 is 0 Å². The molecule has 0 spiro atoms. The maximum atomic E-state index is 2.49. The molecule has 8 rings (SSSR count). The Morgan fingerprint density at radius 3 is 1.70 bits per heavy atom. The van der Waals surface area contributed by atoms with Gasteiger partial charge >= 0.3 is 0 Å². The van der Waals surface area contributed by atoms with Crippen LogP contribution in [0.1, 0.15) is 20.8 Å². The third-order valence-corrected chi connectivity index (χ3v) is 9.01. The van der Waals surface area contributed by atoms with E-state index >= 15 is 0 Å². The van der Waals surface area contributed by atoms with Gasteiger partial charge in [0.1, 0.15) is 0 Å². The van der Waals surface area contributed by atoms with E-state index in [2.05, 4.69) is 194 Å². The van der Waals surface area contributed by atoms with Gasteiger partial charge in [0.2, 0.25) is 0 Å². The number of aromatic nitrogens is 1. The lowest BCUT2D eigenvalue weighted by Gasteiger charge is -2.28. The second-order valence-electron chi connectivity index (χ2n) is 13.1. The standard InChI is InChI=1S/C44H36N2/c1-44(2,3)46-42-21-13-12-20-39(42)40-27-26-36(30-43(40)46)45(35-24-22-32(23-25-35)31-14-6-4-7-15-31)37-28-34-18-10-11-19-38(34)41(29-37)33-16-8-5-9-17-33/h4-30H,1-3H3. The molecule has 0 aliphatic rings. The first-order chi connectivity index (χ1) is 22.5. The number of hydrogen-bond donors (Lipinski definition) is 0. The van der Waals surface area contributed by atoms with E-state index in [0.29, 0.717) is 0 Å². The van der Waals surface area contributed by atoms with Crippen LogP contribution >= 0.6 is 0 Å². The van der Waals surface area contributed by atoms with Crippen LogP contribution in [0, 0.1) is 0 Å². The molecule has 2 heteroatoms. The fraction of sp³-hybridized carbons (Fsp3) is 0.0909. The number of para-hydroxylation sites is 1. The van der Waals surface area contributed by atoms with Crippen LogP contribution in [0.3, 0.4) is 0 Å². The highest BCUT2D eigenvalue weighted by Crippen LogP contribution is 2.43. The molecule has 0 amide bonds. The normalized spacial score (nSPS) is 11.8. The first-order valence-electron chi connectivity index (χ1n) is 16.0. The highest BCUT2D eigenvalue weighted by atomic mass is 15.1. The Balaban J connectivity index is 1.39.